The van der Waals surface area contributed by atoms with Gasteiger partial charge < -0.3 is 0 Å². The minimum absolute atomic E-state index is 0.672. The monoisotopic (exact) mass is 264 g/mol. The molecule has 0 N–H and O–H groups in total. The Balaban J connectivity index is 2.56. The molecule has 1 rings (SSSR count). The summed E-state index contributed by atoms with van der Waals surface area (Å²) in [6.45, 7) is 3.69. The molecular formula is C10H11Cl3Si. The number of aryl methyl sites for hydroxylation is 1. The van der Waals surface area contributed by atoms with E-state index >= 15 is 0 Å². The van der Waals surface area contributed by atoms with Crippen molar-refractivity contribution in [3.8, 4) is 0 Å². The number of hydrogen-bond donors (Lipinski definition) is 0. The van der Waals surface area contributed by atoms with E-state index in [0.29, 0.717) is 6.04 Å². The van der Waals surface area contributed by atoms with E-state index in [1.54, 1.807) is 0 Å². The van der Waals surface area contributed by atoms with Gasteiger partial charge in [-0.3, -0.25) is 0 Å². The zero-order valence-corrected chi connectivity index (χ0v) is 10.9. The molecule has 14 heavy (non-hydrogen) atoms. The fraction of sp³-hybridized carbons (Fsp3) is 0.200. The Hall–Kier alpha value is 0.0469. The minimum atomic E-state index is -2.47. The third-order valence-electron chi connectivity index (χ3n) is 1.91. The topological polar surface area (TPSA) is 0 Å². The Morgan fingerprint density at radius 2 is 1.71 bits per heavy atom. The van der Waals surface area contributed by atoms with Gasteiger partial charge in [0.15, 0.2) is 0 Å². The fourth-order valence-corrected chi connectivity index (χ4v) is 2.53. The molecule has 0 radical (unpaired) electrons. The van der Waals surface area contributed by atoms with Gasteiger partial charge in [0.25, 0.3) is 0 Å². The quantitative estimate of drug-likeness (QED) is 0.554. The third kappa shape index (κ3) is 4.51. The SMILES string of the molecule is C=Cc1ccc(CC[Si](Cl)(Cl)Cl)cc1. The second-order valence-electron chi connectivity index (χ2n) is 3.06. The first kappa shape index (κ1) is 12.1. The highest BCUT2D eigenvalue weighted by Crippen LogP contribution is 2.26. The fourth-order valence-electron chi connectivity index (χ4n) is 1.11. The normalized spacial score (nSPS) is 11.4. The lowest BCUT2D eigenvalue weighted by atomic mass is 10.1. The van der Waals surface area contributed by atoms with E-state index in [1.807, 2.05) is 30.3 Å². The van der Waals surface area contributed by atoms with Crippen LogP contribution in [0.1, 0.15) is 11.1 Å². The summed E-state index contributed by atoms with van der Waals surface area (Å²) in [6.07, 6.45) is 2.65. The van der Waals surface area contributed by atoms with Crippen LogP contribution in [-0.2, 0) is 6.42 Å². The van der Waals surface area contributed by atoms with Crippen molar-refractivity contribution in [2.45, 2.75) is 12.5 Å². The molecular weight excluding hydrogens is 255 g/mol. The molecule has 0 heterocycles. The molecule has 0 fully saturated rings. The molecule has 0 spiro atoms. The van der Waals surface area contributed by atoms with Crippen LogP contribution >= 0.6 is 33.2 Å². The van der Waals surface area contributed by atoms with Gasteiger partial charge in [-0.2, -0.15) is 0 Å². The first-order chi connectivity index (χ1) is 6.51. The van der Waals surface area contributed by atoms with Crippen LogP contribution in [0.3, 0.4) is 0 Å². The van der Waals surface area contributed by atoms with Crippen LogP contribution in [0, 0.1) is 0 Å². The van der Waals surface area contributed by atoms with E-state index in [-0.39, 0.29) is 0 Å². The van der Waals surface area contributed by atoms with Gasteiger partial charge in [0.05, 0.1) is 0 Å². The van der Waals surface area contributed by atoms with Gasteiger partial charge in [-0.15, -0.1) is 33.2 Å². The van der Waals surface area contributed by atoms with E-state index in [9.17, 15) is 0 Å². The highest BCUT2D eigenvalue weighted by atomic mass is 35.8. The van der Waals surface area contributed by atoms with Crippen molar-refractivity contribution in [2.24, 2.45) is 0 Å². The minimum Gasteiger partial charge on any atom is -0.126 e. The van der Waals surface area contributed by atoms with E-state index in [4.69, 9.17) is 33.2 Å². The number of halogens is 3. The van der Waals surface area contributed by atoms with Gasteiger partial charge in [-0.05, 0) is 23.6 Å². The first-order valence-electron chi connectivity index (χ1n) is 4.29. The molecule has 0 amide bonds. The molecule has 4 heteroatoms. The largest absolute Gasteiger partial charge is 0.341 e. The second-order valence-corrected chi connectivity index (χ2v) is 12.3. The average Bonchev–Trinajstić information content (AvgIpc) is 2.14. The van der Waals surface area contributed by atoms with Gasteiger partial charge in [-0.1, -0.05) is 36.9 Å². The lowest BCUT2D eigenvalue weighted by Crippen LogP contribution is -2.09. The summed E-state index contributed by atoms with van der Waals surface area (Å²) >= 11 is 17.4. The molecule has 0 saturated carbocycles. The second kappa shape index (κ2) is 5.22. The summed E-state index contributed by atoms with van der Waals surface area (Å²) in [5.41, 5.74) is 2.31. The zero-order chi connectivity index (χ0) is 10.6. The van der Waals surface area contributed by atoms with Crippen LogP contribution in [0.2, 0.25) is 6.04 Å². The van der Waals surface area contributed by atoms with Crippen LogP contribution in [0.5, 0.6) is 0 Å². The maximum atomic E-state index is 5.80. The van der Waals surface area contributed by atoms with Crippen molar-refractivity contribution in [2.75, 3.05) is 0 Å². The number of hydrogen-bond acceptors (Lipinski definition) is 0. The van der Waals surface area contributed by atoms with Gasteiger partial charge >= 0.3 is 6.00 Å². The van der Waals surface area contributed by atoms with Crippen molar-refractivity contribution in [1.29, 1.82) is 0 Å². The summed E-state index contributed by atoms with van der Waals surface area (Å²) in [7, 11) is 0. The Labute approximate surface area is 99.6 Å². The number of benzene rings is 1. The van der Waals surface area contributed by atoms with Gasteiger partial charge in [0, 0.05) is 0 Å². The van der Waals surface area contributed by atoms with Crippen molar-refractivity contribution in [3.63, 3.8) is 0 Å². The Morgan fingerprint density at radius 3 is 2.14 bits per heavy atom. The maximum Gasteiger partial charge on any atom is 0.341 e. The van der Waals surface area contributed by atoms with Crippen LogP contribution in [0.15, 0.2) is 30.8 Å². The van der Waals surface area contributed by atoms with Crippen molar-refractivity contribution < 1.29 is 0 Å². The highest BCUT2D eigenvalue weighted by molar-refractivity contribution is 7.64. The van der Waals surface area contributed by atoms with Crippen LogP contribution < -0.4 is 0 Å². The molecule has 0 aliphatic rings. The van der Waals surface area contributed by atoms with Crippen molar-refractivity contribution >= 4 is 45.3 Å². The molecule has 1 aromatic rings. The molecule has 0 aliphatic carbocycles. The van der Waals surface area contributed by atoms with E-state index in [1.165, 1.54) is 5.56 Å². The third-order valence-corrected chi connectivity index (χ3v) is 4.43. The molecule has 0 saturated heterocycles. The molecule has 0 aliphatic heterocycles. The molecule has 0 aromatic heterocycles. The lowest BCUT2D eigenvalue weighted by molar-refractivity contribution is 1.12. The van der Waals surface area contributed by atoms with Crippen LogP contribution in [-0.4, -0.2) is 6.00 Å². The first-order valence-corrected chi connectivity index (χ1v) is 9.54. The lowest BCUT2D eigenvalue weighted by Gasteiger charge is -2.07. The zero-order valence-electron chi connectivity index (χ0n) is 7.64. The predicted molar refractivity (Wildman–Crippen MR) is 68.4 cm³/mol. The molecule has 0 nitrogen and oxygen atoms in total. The highest BCUT2D eigenvalue weighted by Gasteiger charge is 2.23. The van der Waals surface area contributed by atoms with Crippen molar-refractivity contribution in [3.05, 3.63) is 42.0 Å². The number of rotatable bonds is 4. The average molecular weight is 266 g/mol. The summed E-state index contributed by atoms with van der Waals surface area (Å²) in [4.78, 5) is 0. The van der Waals surface area contributed by atoms with E-state index < -0.39 is 6.00 Å². The van der Waals surface area contributed by atoms with E-state index in [0.717, 1.165) is 12.0 Å². The standard InChI is InChI=1S/C10H11Cl3Si/c1-2-9-3-5-10(6-4-9)7-8-14(11,12)13/h2-6H,1,7-8H2. The summed E-state index contributed by atoms with van der Waals surface area (Å²) in [5.74, 6) is 0. The van der Waals surface area contributed by atoms with Crippen molar-refractivity contribution in [1.82, 2.24) is 0 Å². The van der Waals surface area contributed by atoms with Gasteiger partial charge in [0.1, 0.15) is 0 Å². The molecule has 1 aromatic carbocycles. The summed E-state index contributed by atoms with van der Waals surface area (Å²) in [6, 6.07) is 6.33. The Morgan fingerprint density at radius 1 is 1.14 bits per heavy atom. The maximum absolute atomic E-state index is 5.80. The predicted octanol–water partition coefficient (Wildman–Crippen LogP) is 4.53. The van der Waals surface area contributed by atoms with Gasteiger partial charge in [0.2, 0.25) is 0 Å². The smallest absolute Gasteiger partial charge is 0.126 e. The molecule has 0 bridgehead atoms. The van der Waals surface area contributed by atoms with Crippen LogP contribution in [0.25, 0.3) is 6.08 Å². The van der Waals surface area contributed by atoms with Gasteiger partial charge in [-0.25, -0.2) is 0 Å². The van der Waals surface area contributed by atoms with Crippen LogP contribution in [0.4, 0.5) is 0 Å². The molecule has 76 valence electrons. The Kier molecular flexibility index (Phi) is 4.52. The molecule has 0 atom stereocenters. The summed E-state index contributed by atoms with van der Waals surface area (Å²) < 4.78 is 0. The summed E-state index contributed by atoms with van der Waals surface area (Å²) in [5, 5.41) is 0. The molecule has 0 unspecified atom stereocenters. The Bertz CT molecular complexity index is 300. The van der Waals surface area contributed by atoms with E-state index in [2.05, 4.69) is 6.58 Å².